The first-order valence-electron chi connectivity index (χ1n) is 5.72. The predicted octanol–water partition coefficient (Wildman–Crippen LogP) is 3.20. The van der Waals surface area contributed by atoms with Crippen molar-refractivity contribution in [1.29, 1.82) is 0 Å². The van der Waals surface area contributed by atoms with Crippen molar-refractivity contribution < 1.29 is 8.78 Å². The van der Waals surface area contributed by atoms with Crippen LogP contribution in [0.3, 0.4) is 0 Å². The minimum Gasteiger partial charge on any atom is -0.317 e. The van der Waals surface area contributed by atoms with Gasteiger partial charge >= 0.3 is 0 Å². The maximum atomic E-state index is 13.3. The summed E-state index contributed by atoms with van der Waals surface area (Å²) >= 11 is 0. The second-order valence-corrected chi connectivity index (χ2v) is 4.36. The molecule has 0 aromatic carbocycles. The molecule has 0 aromatic heterocycles. The molecule has 1 saturated heterocycles. The summed E-state index contributed by atoms with van der Waals surface area (Å²) in [6, 6.07) is 0. The lowest BCUT2D eigenvalue weighted by Gasteiger charge is -2.21. The molecule has 0 saturated carbocycles. The van der Waals surface area contributed by atoms with E-state index in [2.05, 4.69) is 5.32 Å². The van der Waals surface area contributed by atoms with Crippen molar-refractivity contribution in [2.75, 3.05) is 13.1 Å². The van der Waals surface area contributed by atoms with Crippen molar-refractivity contribution in [3.8, 4) is 0 Å². The third-order valence-corrected chi connectivity index (χ3v) is 2.90. The maximum absolute atomic E-state index is 13.3. The average molecular weight is 205 g/mol. The highest BCUT2D eigenvalue weighted by Gasteiger charge is 2.31. The van der Waals surface area contributed by atoms with E-state index in [-0.39, 0.29) is 18.8 Å². The topological polar surface area (TPSA) is 12.0 Å². The highest BCUT2D eigenvalue weighted by Crippen LogP contribution is 2.32. The Morgan fingerprint density at radius 2 is 2.07 bits per heavy atom. The second kappa shape index (κ2) is 5.64. The van der Waals surface area contributed by atoms with Crippen molar-refractivity contribution in [3.63, 3.8) is 0 Å². The molecule has 0 radical (unpaired) electrons. The van der Waals surface area contributed by atoms with Crippen LogP contribution in [0.15, 0.2) is 0 Å². The van der Waals surface area contributed by atoms with Crippen molar-refractivity contribution in [2.24, 2.45) is 5.92 Å². The van der Waals surface area contributed by atoms with E-state index in [4.69, 9.17) is 0 Å². The van der Waals surface area contributed by atoms with Gasteiger partial charge < -0.3 is 5.32 Å². The highest BCUT2D eigenvalue weighted by molar-refractivity contribution is 4.74. The van der Waals surface area contributed by atoms with E-state index in [9.17, 15) is 8.78 Å². The fourth-order valence-electron chi connectivity index (χ4n) is 2.19. The molecule has 1 heterocycles. The number of hydrogen-bond acceptors (Lipinski definition) is 1. The zero-order valence-corrected chi connectivity index (χ0v) is 8.99. The monoisotopic (exact) mass is 205 g/mol. The molecule has 1 aliphatic heterocycles. The molecule has 0 spiro atoms. The van der Waals surface area contributed by atoms with Gasteiger partial charge in [-0.1, -0.05) is 13.3 Å². The first kappa shape index (κ1) is 11.9. The van der Waals surface area contributed by atoms with E-state index < -0.39 is 5.92 Å². The normalized spacial score (nSPS) is 24.6. The van der Waals surface area contributed by atoms with Crippen molar-refractivity contribution in [2.45, 2.75) is 51.4 Å². The van der Waals surface area contributed by atoms with Crippen LogP contribution in [-0.4, -0.2) is 19.0 Å². The fourth-order valence-corrected chi connectivity index (χ4v) is 2.19. The van der Waals surface area contributed by atoms with Gasteiger partial charge in [0.05, 0.1) is 0 Å². The van der Waals surface area contributed by atoms with Gasteiger partial charge in [-0.2, -0.15) is 0 Å². The third kappa shape index (κ3) is 4.36. The quantitative estimate of drug-likeness (QED) is 0.743. The summed E-state index contributed by atoms with van der Waals surface area (Å²) in [7, 11) is 0. The van der Waals surface area contributed by atoms with Gasteiger partial charge in [-0.15, -0.1) is 0 Å². The van der Waals surface area contributed by atoms with E-state index in [1.165, 1.54) is 0 Å². The van der Waals surface area contributed by atoms with Crippen LogP contribution in [-0.2, 0) is 0 Å². The smallest absolute Gasteiger partial charge is 0.248 e. The lowest BCUT2D eigenvalue weighted by Crippen LogP contribution is -2.21. The number of alkyl halides is 2. The minimum atomic E-state index is -2.43. The molecule has 1 nitrogen and oxygen atoms in total. The Morgan fingerprint density at radius 3 is 2.79 bits per heavy atom. The highest BCUT2D eigenvalue weighted by atomic mass is 19.3. The molecule has 1 atom stereocenters. The van der Waals surface area contributed by atoms with Crippen LogP contribution >= 0.6 is 0 Å². The van der Waals surface area contributed by atoms with E-state index >= 15 is 0 Å². The molecule has 0 aliphatic carbocycles. The van der Waals surface area contributed by atoms with Crippen LogP contribution < -0.4 is 5.32 Å². The molecule has 84 valence electrons. The van der Waals surface area contributed by atoms with Gasteiger partial charge in [0.1, 0.15) is 0 Å². The second-order valence-electron chi connectivity index (χ2n) is 4.36. The summed E-state index contributed by atoms with van der Waals surface area (Å²) in [5, 5.41) is 3.25. The van der Waals surface area contributed by atoms with Gasteiger partial charge in [0.15, 0.2) is 0 Å². The summed E-state index contributed by atoms with van der Waals surface area (Å²) in [6.45, 7) is 3.73. The zero-order valence-electron chi connectivity index (χ0n) is 8.99. The minimum absolute atomic E-state index is 0.0525. The van der Waals surface area contributed by atoms with Crippen molar-refractivity contribution in [1.82, 2.24) is 5.32 Å². The fraction of sp³-hybridized carbons (Fsp3) is 1.00. The van der Waals surface area contributed by atoms with Gasteiger partial charge in [-0.3, -0.25) is 0 Å². The van der Waals surface area contributed by atoms with Crippen LogP contribution in [0.25, 0.3) is 0 Å². The van der Waals surface area contributed by atoms with Crippen LogP contribution in [0, 0.1) is 5.92 Å². The molecule has 0 aromatic rings. The molecule has 0 bridgehead atoms. The standard InChI is InChI=1S/C11H21F2N/c1-2-6-11(12,13)9-10-4-3-7-14-8-5-10/h10,14H,2-9H2,1H3. The molecular formula is C11H21F2N. The lowest BCUT2D eigenvalue weighted by molar-refractivity contribution is -0.0328. The van der Waals surface area contributed by atoms with Gasteiger partial charge in [0, 0.05) is 12.8 Å². The summed E-state index contributed by atoms with van der Waals surface area (Å²) in [5.41, 5.74) is 0. The van der Waals surface area contributed by atoms with E-state index in [1.807, 2.05) is 6.92 Å². The Morgan fingerprint density at radius 1 is 1.29 bits per heavy atom. The van der Waals surface area contributed by atoms with Crippen LogP contribution in [0.2, 0.25) is 0 Å². The molecule has 3 heteroatoms. The summed E-state index contributed by atoms with van der Waals surface area (Å²) in [4.78, 5) is 0. The number of hydrogen-bond donors (Lipinski definition) is 1. The summed E-state index contributed by atoms with van der Waals surface area (Å²) in [6.07, 6.45) is 3.66. The average Bonchev–Trinajstić information content (AvgIpc) is 2.31. The van der Waals surface area contributed by atoms with Crippen molar-refractivity contribution >= 4 is 0 Å². The maximum Gasteiger partial charge on any atom is 0.248 e. The zero-order chi connectivity index (χ0) is 10.4. The van der Waals surface area contributed by atoms with Gasteiger partial charge in [0.2, 0.25) is 5.92 Å². The van der Waals surface area contributed by atoms with Crippen LogP contribution in [0.4, 0.5) is 8.78 Å². The molecule has 1 rings (SSSR count). The van der Waals surface area contributed by atoms with E-state index in [1.54, 1.807) is 0 Å². The SMILES string of the molecule is CCCC(F)(F)CC1CCCNCC1. The molecule has 14 heavy (non-hydrogen) atoms. The molecular weight excluding hydrogens is 184 g/mol. The van der Waals surface area contributed by atoms with E-state index in [0.29, 0.717) is 6.42 Å². The molecule has 1 aliphatic rings. The van der Waals surface area contributed by atoms with Gasteiger partial charge in [0.25, 0.3) is 0 Å². The first-order valence-corrected chi connectivity index (χ1v) is 5.72. The van der Waals surface area contributed by atoms with Crippen LogP contribution in [0.5, 0.6) is 0 Å². The van der Waals surface area contributed by atoms with E-state index in [0.717, 1.165) is 32.4 Å². The molecule has 1 N–H and O–H groups in total. The molecule has 0 amide bonds. The Kier molecular flexibility index (Phi) is 4.79. The number of halogens is 2. The Balaban J connectivity index is 2.33. The molecule has 1 unspecified atom stereocenters. The predicted molar refractivity (Wildman–Crippen MR) is 54.7 cm³/mol. The van der Waals surface area contributed by atoms with Gasteiger partial charge in [-0.25, -0.2) is 8.78 Å². The lowest BCUT2D eigenvalue weighted by atomic mass is 9.92. The van der Waals surface area contributed by atoms with Gasteiger partial charge in [-0.05, 0) is 38.3 Å². The van der Waals surface area contributed by atoms with Crippen LogP contribution in [0.1, 0.15) is 45.4 Å². The van der Waals surface area contributed by atoms with Crippen molar-refractivity contribution in [3.05, 3.63) is 0 Å². The number of rotatable bonds is 4. The summed E-state index contributed by atoms with van der Waals surface area (Å²) < 4.78 is 26.6. The Bertz CT molecular complexity index is 151. The third-order valence-electron chi connectivity index (χ3n) is 2.90. The Hall–Kier alpha value is -0.180. The number of nitrogens with one attached hydrogen (secondary N) is 1. The Labute approximate surface area is 85.3 Å². The largest absolute Gasteiger partial charge is 0.317 e. The molecule has 1 fully saturated rings. The summed E-state index contributed by atoms with van der Waals surface area (Å²) in [5.74, 6) is -2.20. The first-order chi connectivity index (χ1) is 6.64.